The molecule has 8 bridgehead atoms. The molecule has 1 aliphatic carbocycles. The van der Waals surface area contributed by atoms with E-state index in [0.29, 0.717) is 50.1 Å². The zero-order chi connectivity index (χ0) is 41.6. The van der Waals surface area contributed by atoms with E-state index in [1.807, 2.05) is 69.3 Å². The second-order valence-corrected chi connectivity index (χ2v) is 19.0. The van der Waals surface area contributed by atoms with Gasteiger partial charge in [0.25, 0.3) is 5.69 Å². The molecule has 0 heterocycles. The van der Waals surface area contributed by atoms with Gasteiger partial charge in [-0.3, -0.25) is 10.1 Å². The lowest BCUT2D eigenvalue weighted by molar-refractivity contribution is -0.384. The lowest BCUT2D eigenvalue weighted by Crippen LogP contribution is -2.16. The predicted octanol–water partition coefficient (Wildman–Crippen LogP) is 12.4. The molecule has 4 N–H and O–H groups in total. The van der Waals surface area contributed by atoms with Gasteiger partial charge in [0.2, 0.25) is 0 Å². The van der Waals surface area contributed by atoms with Gasteiger partial charge in [-0.1, -0.05) is 155 Å². The highest BCUT2D eigenvalue weighted by molar-refractivity contribution is 6.63. The molecule has 0 unspecified atom stereocenters. The largest absolute Gasteiger partial charge is 0.507 e. The summed E-state index contributed by atoms with van der Waals surface area (Å²) in [6, 6.07) is 21.9. The lowest BCUT2D eigenvalue weighted by Gasteiger charge is -2.29. The second-order valence-electron chi connectivity index (χ2n) is 17.0. The summed E-state index contributed by atoms with van der Waals surface area (Å²) in [6.07, 6.45) is 0.431. The molecule has 0 fully saturated rings. The van der Waals surface area contributed by atoms with Crippen LogP contribution in [-0.4, -0.2) is 29.6 Å². The standard InChI is InChI=1S/C45H49NO6.CHCl3/c1-24-14-28-18-30-20-32(44(4,5)6)22-37(42(30)49)39(27-10-12-34(13-11-27)46(51)52)38-23-33(45(7,8)9)21-31(43(38)50)19-29-15-25(2)17-36(41(29)48)26(3)35(16-24)40(28)47;2-1(3)4/h10-17,20-23,26,39,47-50H,18-19H2,1-9H3;1H. The number of non-ortho nitro benzene ring substituents is 1. The number of nitro groups is 1. The van der Waals surface area contributed by atoms with Crippen LogP contribution in [-0.2, 0) is 23.7 Å². The van der Waals surface area contributed by atoms with Crippen LogP contribution in [0.15, 0.2) is 72.8 Å². The number of aromatic hydroxyl groups is 4. The molecule has 0 atom stereocenters. The number of halogens is 3. The number of hydrogen-bond acceptors (Lipinski definition) is 6. The fraction of sp³-hybridized carbons (Fsp3) is 0.348. The van der Waals surface area contributed by atoms with Crippen molar-refractivity contribution in [3.8, 4) is 23.0 Å². The first-order valence-electron chi connectivity index (χ1n) is 18.5. The maximum atomic E-state index is 12.4. The number of fused-ring (bicyclic) bond motifs is 8. The van der Waals surface area contributed by atoms with E-state index in [1.54, 1.807) is 12.1 Å². The molecule has 0 saturated carbocycles. The van der Waals surface area contributed by atoms with E-state index in [-0.39, 0.29) is 58.3 Å². The van der Waals surface area contributed by atoms with Crippen LogP contribution in [0.25, 0.3) is 0 Å². The average molecular weight is 819 g/mol. The molecule has 5 aromatic rings. The molecule has 10 heteroatoms. The first kappa shape index (κ1) is 42.7. The number of aryl methyl sites for hydroxylation is 2. The molecule has 5 aromatic carbocycles. The highest BCUT2D eigenvalue weighted by atomic mass is 35.6. The Morgan fingerprint density at radius 2 is 0.946 bits per heavy atom. The van der Waals surface area contributed by atoms with E-state index in [9.17, 15) is 30.5 Å². The molecule has 0 radical (unpaired) electrons. The second kappa shape index (κ2) is 16.2. The third-order valence-corrected chi connectivity index (χ3v) is 10.6. The monoisotopic (exact) mass is 817 g/mol. The van der Waals surface area contributed by atoms with Crippen molar-refractivity contribution in [2.75, 3.05) is 0 Å². The molecule has 6 rings (SSSR count). The van der Waals surface area contributed by atoms with Gasteiger partial charge in [0.15, 0.2) is 4.30 Å². The topological polar surface area (TPSA) is 124 Å². The third kappa shape index (κ3) is 9.07. The summed E-state index contributed by atoms with van der Waals surface area (Å²) in [4.78, 5) is 11.3. The molecule has 0 amide bonds. The normalized spacial score (nSPS) is 15.6. The van der Waals surface area contributed by atoms with Crippen LogP contribution in [0.4, 0.5) is 5.69 Å². The van der Waals surface area contributed by atoms with Crippen LogP contribution in [0.5, 0.6) is 23.0 Å². The Balaban J connectivity index is 0.00000143. The van der Waals surface area contributed by atoms with Crippen molar-refractivity contribution < 1.29 is 25.3 Å². The number of nitrogens with zero attached hydrogens (tertiary/aromatic N) is 1. The van der Waals surface area contributed by atoms with Crippen molar-refractivity contribution in [2.45, 2.75) is 102 Å². The summed E-state index contributed by atoms with van der Waals surface area (Å²) in [5.41, 5.74) is 8.59. The summed E-state index contributed by atoms with van der Waals surface area (Å²) >= 11 is 14.4. The molecule has 1 aliphatic rings. The highest BCUT2D eigenvalue weighted by Crippen LogP contribution is 2.48. The Morgan fingerprint density at radius 1 is 0.607 bits per heavy atom. The minimum absolute atomic E-state index is 0.0274. The third-order valence-electron chi connectivity index (χ3n) is 10.6. The van der Waals surface area contributed by atoms with Crippen molar-refractivity contribution >= 4 is 40.5 Å². The van der Waals surface area contributed by atoms with Crippen LogP contribution >= 0.6 is 34.8 Å². The zero-order valence-corrected chi connectivity index (χ0v) is 35.5. The molecule has 0 aromatic heterocycles. The highest BCUT2D eigenvalue weighted by Gasteiger charge is 2.32. The first-order chi connectivity index (χ1) is 26.0. The maximum absolute atomic E-state index is 12.4. The van der Waals surface area contributed by atoms with Crippen LogP contribution in [0.1, 0.15) is 133 Å². The molecule has 0 spiro atoms. The number of phenols is 4. The summed E-state index contributed by atoms with van der Waals surface area (Å²) in [7, 11) is 0. The predicted molar refractivity (Wildman–Crippen MR) is 228 cm³/mol. The number of rotatable bonds is 2. The van der Waals surface area contributed by atoms with Crippen LogP contribution in [0, 0.1) is 24.0 Å². The van der Waals surface area contributed by atoms with Gasteiger partial charge in [0, 0.05) is 59.1 Å². The number of hydrogen-bond donors (Lipinski definition) is 4. The molecular formula is C46H50Cl3NO6. The van der Waals surface area contributed by atoms with Gasteiger partial charge in [0.1, 0.15) is 23.0 Å². The van der Waals surface area contributed by atoms with E-state index in [2.05, 4.69) is 41.5 Å². The minimum Gasteiger partial charge on any atom is -0.507 e. The van der Waals surface area contributed by atoms with Crippen molar-refractivity contribution in [3.05, 3.63) is 155 Å². The fourth-order valence-corrected chi connectivity index (χ4v) is 7.60. The maximum Gasteiger partial charge on any atom is 0.269 e. The number of phenolic OH excluding ortho intramolecular Hbond substituents is 4. The fourth-order valence-electron chi connectivity index (χ4n) is 7.60. The quantitative estimate of drug-likeness (QED) is 0.0799. The Hall–Kier alpha value is -4.43. The van der Waals surface area contributed by atoms with E-state index in [4.69, 9.17) is 34.8 Å². The molecule has 56 heavy (non-hydrogen) atoms. The van der Waals surface area contributed by atoms with Gasteiger partial charge < -0.3 is 20.4 Å². The van der Waals surface area contributed by atoms with Gasteiger partial charge in [-0.25, -0.2) is 0 Å². The Morgan fingerprint density at radius 3 is 1.29 bits per heavy atom. The van der Waals surface area contributed by atoms with E-state index < -0.39 is 15.1 Å². The van der Waals surface area contributed by atoms with E-state index in [1.165, 1.54) is 12.1 Å². The Kier molecular flexibility index (Phi) is 12.4. The summed E-state index contributed by atoms with van der Waals surface area (Å²) < 4.78 is -0.750. The first-order valence-corrected chi connectivity index (χ1v) is 19.8. The number of alkyl halides is 3. The smallest absolute Gasteiger partial charge is 0.269 e. The summed E-state index contributed by atoms with van der Waals surface area (Å²) in [5, 5.41) is 60.3. The van der Waals surface area contributed by atoms with Gasteiger partial charge in [-0.05, 0) is 63.6 Å². The number of nitro benzene ring substituents is 1. The molecule has 0 aliphatic heterocycles. The van der Waals surface area contributed by atoms with Crippen molar-refractivity contribution in [1.82, 2.24) is 0 Å². The Labute approximate surface area is 344 Å². The van der Waals surface area contributed by atoms with Crippen LogP contribution < -0.4 is 0 Å². The number of benzene rings is 5. The molecule has 7 nitrogen and oxygen atoms in total. The van der Waals surface area contributed by atoms with Crippen LogP contribution in [0.2, 0.25) is 0 Å². The summed E-state index contributed by atoms with van der Waals surface area (Å²) in [5.74, 6) is -0.830. The van der Waals surface area contributed by atoms with Gasteiger partial charge in [-0.15, -0.1) is 0 Å². The molecule has 296 valence electrons. The average Bonchev–Trinajstić information content (AvgIpc) is 3.09. The van der Waals surface area contributed by atoms with Crippen molar-refractivity contribution in [2.24, 2.45) is 0 Å². The molecular weight excluding hydrogens is 769 g/mol. The van der Waals surface area contributed by atoms with Gasteiger partial charge >= 0.3 is 0 Å². The van der Waals surface area contributed by atoms with Crippen molar-refractivity contribution in [1.29, 1.82) is 0 Å². The van der Waals surface area contributed by atoms with Gasteiger partial charge in [0.05, 0.1) is 4.92 Å². The molecule has 0 saturated heterocycles. The Bertz CT molecular complexity index is 2160. The van der Waals surface area contributed by atoms with E-state index in [0.717, 1.165) is 22.3 Å². The van der Waals surface area contributed by atoms with Crippen LogP contribution in [0.3, 0.4) is 0 Å². The summed E-state index contributed by atoms with van der Waals surface area (Å²) in [6.45, 7) is 18.5. The SMILES string of the molecule is Cc1cc2c(O)c(c1)C(C)c1cc(C)cc(c1O)Cc1cc(C(C)(C)C)cc(c1O)C(c1ccc([N+](=O)[O-])cc1)c1cc(C(C)(C)C)cc(c1O)C2.ClC(Cl)Cl. The van der Waals surface area contributed by atoms with Gasteiger partial charge in [-0.2, -0.15) is 0 Å². The lowest BCUT2D eigenvalue weighted by atomic mass is 9.75. The van der Waals surface area contributed by atoms with Crippen molar-refractivity contribution in [3.63, 3.8) is 0 Å². The van der Waals surface area contributed by atoms with E-state index >= 15 is 0 Å². The zero-order valence-electron chi connectivity index (χ0n) is 33.3. The minimum atomic E-state index is -0.750.